The van der Waals surface area contributed by atoms with Gasteiger partial charge in [0, 0.05) is 6.04 Å². The Balaban J connectivity index is 2.32. The maximum Gasteiger partial charge on any atom is 0.0585 e. The van der Waals surface area contributed by atoms with E-state index in [1.54, 1.807) is 0 Å². The molecule has 0 bridgehead atoms. The molecule has 1 saturated carbocycles. The van der Waals surface area contributed by atoms with Gasteiger partial charge in [0.1, 0.15) is 0 Å². The fraction of sp³-hybridized carbons (Fsp3) is 0.800. The van der Waals surface area contributed by atoms with Crippen LogP contribution in [0.2, 0.25) is 0 Å². The Morgan fingerprint density at radius 2 is 2.25 bits per heavy atom. The summed E-state index contributed by atoms with van der Waals surface area (Å²) < 4.78 is 0. The maximum absolute atomic E-state index is 9.94. The number of nitrogens with two attached hydrogens (primary N) is 1. The van der Waals surface area contributed by atoms with Crippen molar-refractivity contribution in [2.45, 2.75) is 18.9 Å². The Bertz CT molecular complexity index is 109. The second kappa shape index (κ2) is 1.74. The number of rotatable bonds is 2. The average molecular weight is 114 g/mol. The van der Waals surface area contributed by atoms with Gasteiger partial charge in [-0.15, -0.1) is 0 Å². The van der Waals surface area contributed by atoms with Gasteiger partial charge in [0.2, 0.25) is 0 Å². The highest BCUT2D eigenvalue weighted by Crippen LogP contribution is 2.31. The summed E-state index contributed by atoms with van der Waals surface area (Å²) in [6.07, 6.45) is 1.91. The van der Waals surface area contributed by atoms with Crippen LogP contribution in [-0.2, 0) is 4.79 Å². The number of carboxylic acid groups (broad SMARTS) is 1. The molecule has 1 rings (SSSR count). The zero-order valence-corrected chi connectivity index (χ0v) is 4.46. The van der Waals surface area contributed by atoms with Crippen molar-refractivity contribution in [3.63, 3.8) is 0 Å². The summed E-state index contributed by atoms with van der Waals surface area (Å²) in [4.78, 5) is 9.94. The van der Waals surface area contributed by atoms with E-state index < -0.39 is 12.0 Å². The predicted octanol–water partition coefficient (Wildman–Crippen LogP) is -1.53. The van der Waals surface area contributed by atoms with Gasteiger partial charge in [-0.3, -0.25) is 0 Å². The molecule has 0 amide bonds. The van der Waals surface area contributed by atoms with Gasteiger partial charge in [0.05, 0.1) is 5.97 Å². The van der Waals surface area contributed by atoms with E-state index in [1.807, 2.05) is 0 Å². The highest BCUT2D eigenvalue weighted by atomic mass is 16.4. The molecular weight excluding hydrogens is 106 g/mol. The third-order valence-electron chi connectivity index (χ3n) is 1.40. The lowest BCUT2D eigenvalue weighted by Crippen LogP contribution is -2.43. The Kier molecular flexibility index (Phi) is 1.21. The average Bonchev–Trinajstić information content (AvgIpc) is 2.43. The predicted molar refractivity (Wildman–Crippen MR) is 25.7 cm³/mol. The van der Waals surface area contributed by atoms with Crippen molar-refractivity contribution in [2.24, 2.45) is 11.7 Å². The molecule has 0 saturated heterocycles. The van der Waals surface area contributed by atoms with Gasteiger partial charge in [0.25, 0.3) is 0 Å². The molecule has 1 atom stereocenters. The van der Waals surface area contributed by atoms with Crippen LogP contribution in [0.25, 0.3) is 0 Å². The first-order valence-electron chi connectivity index (χ1n) is 2.68. The molecule has 0 spiro atoms. The summed E-state index contributed by atoms with van der Waals surface area (Å²) in [5, 5.41) is 9.94. The standard InChI is InChI=1S/C5H9NO2/c6-4(5(7)8)3-1-2-3/h3-4H,1-2,6H2,(H,7,8)/p-1/t4-/m0/s1. The first-order chi connectivity index (χ1) is 3.72. The first kappa shape index (κ1) is 5.56. The zero-order chi connectivity index (χ0) is 6.15. The summed E-state index contributed by atoms with van der Waals surface area (Å²) >= 11 is 0. The molecule has 0 aromatic rings. The van der Waals surface area contributed by atoms with E-state index in [-0.39, 0.29) is 5.92 Å². The summed E-state index contributed by atoms with van der Waals surface area (Å²) in [6.45, 7) is 0. The Hall–Kier alpha value is -0.570. The zero-order valence-electron chi connectivity index (χ0n) is 4.46. The normalized spacial score (nSPS) is 22.6. The maximum atomic E-state index is 9.94. The van der Waals surface area contributed by atoms with Crippen LogP contribution in [-0.4, -0.2) is 12.0 Å². The Labute approximate surface area is 47.5 Å². The van der Waals surface area contributed by atoms with Crippen molar-refractivity contribution in [3.05, 3.63) is 0 Å². The van der Waals surface area contributed by atoms with Gasteiger partial charge in [-0.2, -0.15) is 0 Å². The van der Waals surface area contributed by atoms with Crippen LogP contribution in [0.3, 0.4) is 0 Å². The van der Waals surface area contributed by atoms with E-state index in [2.05, 4.69) is 0 Å². The van der Waals surface area contributed by atoms with Crippen LogP contribution < -0.4 is 10.8 Å². The molecule has 1 fully saturated rings. The highest BCUT2D eigenvalue weighted by molar-refractivity contribution is 5.71. The van der Waals surface area contributed by atoms with E-state index >= 15 is 0 Å². The van der Waals surface area contributed by atoms with E-state index in [0.29, 0.717) is 0 Å². The third kappa shape index (κ3) is 0.980. The first-order valence-corrected chi connectivity index (χ1v) is 2.68. The lowest BCUT2D eigenvalue weighted by molar-refractivity contribution is -0.308. The number of carbonyl (C=O) groups is 1. The minimum absolute atomic E-state index is 0.208. The number of carbonyl (C=O) groups excluding carboxylic acids is 1. The topological polar surface area (TPSA) is 66.2 Å². The van der Waals surface area contributed by atoms with Gasteiger partial charge in [-0.05, 0) is 18.8 Å². The SMILES string of the molecule is N[C@H](C(=O)[O-])C1CC1. The van der Waals surface area contributed by atoms with Crippen molar-refractivity contribution in [3.8, 4) is 0 Å². The number of hydrogen-bond donors (Lipinski definition) is 1. The molecule has 46 valence electrons. The van der Waals surface area contributed by atoms with E-state index in [0.717, 1.165) is 12.8 Å². The molecule has 0 aromatic heterocycles. The lowest BCUT2D eigenvalue weighted by atomic mass is 10.2. The molecule has 1 aliphatic carbocycles. The smallest absolute Gasteiger partial charge is 0.0585 e. The van der Waals surface area contributed by atoms with Crippen LogP contribution in [0.4, 0.5) is 0 Å². The number of aliphatic carboxylic acids is 1. The van der Waals surface area contributed by atoms with Crippen LogP contribution in [0, 0.1) is 5.92 Å². The van der Waals surface area contributed by atoms with Crippen molar-refractivity contribution in [1.82, 2.24) is 0 Å². The molecule has 3 heteroatoms. The molecule has 3 nitrogen and oxygen atoms in total. The van der Waals surface area contributed by atoms with Crippen LogP contribution >= 0.6 is 0 Å². The Morgan fingerprint density at radius 3 is 2.38 bits per heavy atom. The molecule has 0 aromatic carbocycles. The molecule has 1 aliphatic rings. The minimum Gasteiger partial charge on any atom is -0.548 e. The quantitative estimate of drug-likeness (QED) is 0.473. The number of hydrogen-bond acceptors (Lipinski definition) is 3. The summed E-state index contributed by atoms with van der Waals surface area (Å²) in [5.41, 5.74) is 5.16. The molecule has 0 heterocycles. The monoisotopic (exact) mass is 114 g/mol. The van der Waals surface area contributed by atoms with Gasteiger partial charge < -0.3 is 15.6 Å². The molecule has 0 unspecified atom stereocenters. The third-order valence-corrected chi connectivity index (χ3v) is 1.40. The molecular formula is C5H8NO2-. The fourth-order valence-corrected chi connectivity index (χ4v) is 0.648. The van der Waals surface area contributed by atoms with Crippen LogP contribution in [0.1, 0.15) is 12.8 Å². The molecule has 0 aliphatic heterocycles. The van der Waals surface area contributed by atoms with E-state index in [9.17, 15) is 9.90 Å². The van der Waals surface area contributed by atoms with Crippen molar-refractivity contribution < 1.29 is 9.90 Å². The lowest BCUT2D eigenvalue weighted by Gasteiger charge is -2.09. The van der Waals surface area contributed by atoms with Crippen LogP contribution in [0.15, 0.2) is 0 Å². The second-order valence-corrected chi connectivity index (χ2v) is 2.18. The van der Waals surface area contributed by atoms with E-state index in [4.69, 9.17) is 5.73 Å². The second-order valence-electron chi connectivity index (χ2n) is 2.18. The van der Waals surface area contributed by atoms with Gasteiger partial charge in [0.15, 0.2) is 0 Å². The van der Waals surface area contributed by atoms with Gasteiger partial charge in [-0.25, -0.2) is 0 Å². The Morgan fingerprint density at radius 1 is 1.75 bits per heavy atom. The molecule has 0 radical (unpaired) electrons. The minimum atomic E-state index is -1.12. The summed E-state index contributed by atoms with van der Waals surface area (Å²) in [5.74, 6) is -0.910. The van der Waals surface area contributed by atoms with Gasteiger partial charge in [-0.1, -0.05) is 0 Å². The largest absolute Gasteiger partial charge is 0.548 e. The van der Waals surface area contributed by atoms with Crippen LogP contribution in [0.5, 0.6) is 0 Å². The molecule has 8 heavy (non-hydrogen) atoms. The van der Waals surface area contributed by atoms with E-state index in [1.165, 1.54) is 0 Å². The fourth-order valence-electron chi connectivity index (χ4n) is 0.648. The van der Waals surface area contributed by atoms with Crippen molar-refractivity contribution in [1.29, 1.82) is 0 Å². The van der Waals surface area contributed by atoms with Gasteiger partial charge >= 0.3 is 0 Å². The summed E-state index contributed by atoms with van der Waals surface area (Å²) in [6, 6.07) is -0.713. The summed E-state index contributed by atoms with van der Waals surface area (Å²) in [7, 11) is 0. The number of carboxylic acids is 1. The molecule has 2 N–H and O–H groups in total. The highest BCUT2D eigenvalue weighted by Gasteiger charge is 2.28. The van der Waals surface area contributed by atoms with Crippen molar-refractivity contribution >= 4 is 5.97 Å². The van der Waals surface area contributed by atoms with Crippen molar-refractivity contribution in [2.75, 3.05) is 0 Å².